The molecular formula is C16H11N5O3. The molecule has 0 radical (unpaired) electrons. The average Bonchev–Trinajstić information content (AvgIpc) is 3.07. The molecular weight excluding hydrogens is 310 g/mol. The second kappa shape index (κ2) is 5.58. The number of hydrogen-bond donors (Lipinski definition) is 2. The molecule has 0 bridgehead atoms. The summed E-state index contributed by atoms with van der Waals surface area (Å²) in [4.78, 5) is 30.9. The molecule has 1 aromatic carbocycles. The Balaban J connectivity index is 1.56. The number of para-hydroxylation sites is 1. The van der Waals surface area contributed by atoms with Gasteiger partial charge in [0, 0.05) is 11.7 Å². The molecule has 4 rings (SSSR count). The minimum Gasteiger partial charge on any atom is -0.457 e. The molecule has 0 spiro atoms. The summed E-state index contributed by atoms with van der Waals surface area (Å²) in [6.07, 6.45) is 1.36. The molecule has 0 aliphatic carbocycles. The van der Waals surface area contributed by atoms with Gasteiger partial charge in [-0.3, -0.25) is 4.79 Å². The molecule has 2 N–H and O–H groups in total. The van der Waals surface area contributed by atoms with Crippen LogP contribution in [0.25, 0.3) is 22.1 Å². The van der Waals surface area contributed by atoms with Gasteiger partial charge in [-0.2, -0.15) is 10.3 Å². The SMILES string of the molecule is O=C(OCc1cc2ccccc2[nH]c1=O)c1cnc2n[nH]nc2c1. The Morgan fingerprint density at radius 1 is 1.17 bits per heavy atom. The van der Waals surface area contributed by atoms with Gasteiger partial charge >= 0.3 is 5.97 Å². The second-order valence-corrected chi connectivity index (χ2v) is 5.18. The molecule has 8 heteroatoms. The fourth-order valence-corrected chi connectivity index (χ4v) is 2.38. The van der Waals surface area contributed by atoms with Crippen LogP contribution in [0.15, 0.2) is 47.4 Å². The third-order valence-electron chi connectivity index (χ3n) is 3.60. The maximum atomic E-state index is 12.1. The van der Waals surface area contributed by atoms with Crippen molar-refractivity contribution in [3.05, 3.63) is 64.1 Å². The van der Waals surface area contributed by atoms with Crippen LogP contribution in [-0.2, 0) is 11.3 Å². The summed E-state index contributed by atoms with van der Waals surface area (Å²) >= 11 is 0. The van der Waals surface area contributed by atoms with Gasteiger partial charge in [0.1, 0.15) is 12.1 Å². The van der Waals surface area contributed by atoms with Crippen molar-refractivity contribution in [2.75, 3.05) is 0 Å². The maximum absolute atomic E-state index is 12.1. The number of H-pyrrole nitrogens is 2. The van der Waals surface area contributed by atoms with Crippen LogP contribution in [0.3, 0.4) is 0 Å². The Morgan fingerprint density at radius 2 is 2.04 bits per heavy atom. The zero-order chi connectivity index (χ0) is 16.5. The Hall–Kier alpha value is -3.55. The number of nitrogens with one attached hydrogen (secondary N) is 2. The number of nitrogens with zero attached hydrogens (tertiary/aromatic N) is 3. The van der Waals surface area contributed by atoms with Gasteiger partial charge in [-0.25, -0.2) is 9.78 Å². The first kappa shape index (κ1) is 14.1. The molecule has 8 nitrogen and oxygen atoms in total. The molecule has 24 heavy (non-hydrogen) atoms. The number of aromatic nitrogens is 5. The topological polar surface area (TPSA) is 114 Å². The summed E-state index contributed by atoms with van der Waals surface area (Å²) in [6.45, 7) is -0.129. The molecule has 3 aromatic heterocycles. The number of pyridine rings is 2. The molecule has 0 amide bonds. The molecule has 4 aromatic rings. The molecule has 0 unspecified atom stereocenters. The standard InChI is InChI=1S/C16H11N5O3/c22-15-11(5-9-3-1-2-4-12(9)18-15)8-24-16(23)10-6-13-14(17-7-10)20-21-19-13/h1-7H,8H2,(H,18,22)(H,17,19,20,21). The number of hydrogen-bond acceptors (Lipinski definition) is 6. The summed E-state index contributed by atoms with van der Waals surface area (Å²) in [7, 11) is 0. The molecule has 0 fully saturated rings. The lowest BCUT2D eigenvalue weighted by Gasteiger charge is -2.05. The van der Waals surface area contributed by atoms with Crippen molar-refractivity contribution in [1.29, 1.82) is 0 Å². The van der Waals surface area contributed by atoms with E-state index in [1.165, 1.54) is 12.3 Å². The van der Waals surface area contributed by atoms with Crippen molar-refractivity contribution >= 4 is 28.0 Å². The van der Waals surface area contributed by atoms with Crippen LogP contribution >= 0.6 is 0 Å². The van der Waals surface area contributed by atoms with Crippen LogP contribution in [-0.4, -0.2) is 31.3 Å². The number of benzene rings is 1. The van der Waals surface area contributed by atoms with Crippen LogP contribution in [0.2, 0.25) is 0 Å². The predicted molar refractivity (Wildman–Crippen MR) is 85.4 cm³/mol. The highest BCUT2D eigenvalue weighted by atomic mass is 16.5. The summed E-state index contributed by atoms with van der Waals surface area (Å²) in [5.74, 6) is -0.583. The van der Waals surface area contributed by atoms with Crippen molar-refractivity contribution in [3.63, 3.8) is 0 Å². The van der Waals surface area contributed by atoms with Gasteiger partial charge in [-0.1, -0.05) is 18.2 Å². The van der Waals surface area contributed by atoms with Crippen LogP contribution < -0.4 is 5.56 Å². The van der Waals surface area contributed by atoms with E-state index >= 15 is 0 Å². The fourth-order valence-electron chi connectivity index (χ4n) is 2.38. The lowest BCUT2D eigenvalue weighted by molar-refractivity contribution is 0.0471. The first-order valence-corrected chi connectivity index (χ1v) is 7.15. The minimum absolute atomic E-state index is 0.129. The van der Waals surface area contributed by atoms with Crippen LogP contribution in [0.5, 0.6) is 0 Å². The molecule has 3 heterocycles. The Bertz CT molecular complexity index is 1120. The molecule has 118 valence electrons. The monoisotopic (exact) mass is 321 g/mol. The summed E-state index contributed by atoms with van der Waals surface area (Å²) in [5.41, 5.74) is 1.95. The van der Waals surface area contributed by atoms with E-state index in [-0.39, 0.29) is 17.7 Å². The second-order valence-electron chi connectivity index (χ2n) is 5.18. The Morgan fingerprint density at radius 3 is 2.96 bits per heavy atom. The summed E-state index contributed by atoms with van der Waals surface area (Å²) < 4.78 is 5.21. The van der Waals surface area contributed by atoms with Crippen LogP contribution in [0, 0.1) is 0 Å². The smallest absolute Gasteiger partial charge is 0.340 e. The molecule has 0 saturated heterocycles. The first-order chi connectivity index (χ1) is 11.7. The van der Waals surface area contributed by atoms with E-state index in [2.05, 4.69) is 25.4 Å². The normalized spacial score (nSPS) is 11.0. The van der Waals surface area contributed by atoms with Crippen LogP contribution in [0.4, 0.5) is 0 Å². The number of rotatable bonds is 3. The quantitative estimate of drug-likeness (QED) is 0.553. The lowest BCUT2D eigenvalue weighted by atomic mass is 10.1. The van der Waals surface area contributed by atoms with E-state index in [0.717, 1.165) is 10.9 Å². The number of aromatic amines is 2. The van der Waals surface area contributed by atoms with Gasteiger partial charge in [0.2, 0.25) is 5.65 Å². The van der Waals surface area contributed by atoms with Crippen molar-refractivity contribution in [2.45, 2.75) is 6.61 Å². The lowest BCUT2D eigenvalue weighted by Crippen LogP contribution is -2.15. The highest BCUT2D eigenvalue weighted by molar-refractivity contribution is 5.92. The van der Waals surface area contributed by atoms with E-state index in [9.17, 15) is 9.59 Å². The third kappa shape index (κ3) is 2.50. The molecule has 0 saturated carbocycles. The van der Waals surface area contributed by atoms with E-state index in [0.29, 0.717) is 16.7 Å². The van der Waals surface area contributed by atoms with Gasteiger partial charge in [0.15, 0.2) is 0 Å². The number of ether oxygens (including phenoxy) is 1. The van der Waals surface area contributed by atoms with E-state index in [1.807, 2.05) is 24.3 Å². The summed E-state index contributed by atoms with van der Waals surface area (Å²) in [6, 6.07) is 10.6. The van der Waals surface area contributed by atoms with Gasteiger partial charge in [0.05, 0.1) is 11.1 Å². The van der Waals surface area contributed by atoms with Crippen molar-refractivity contribution < 1.29 is 9.53 Å². The molecule has 0 atom stereocenters. The number of fused-ring (bicyclic) bond motifs is 2. The fraction of sp³-hybridized carbons (Fsp3) is 0.0625. The number of carbonyl (C=O) groups is 1. The van der Waals surface area contributed by atoms with Crippen LogP contribution in [0.1, 0.15) is 15.9 Å². The number of carbonyl (C=O) groups excluding carboxylic acids is 1. The summed E-state index contributed by atoms with van der Waals surface area (Å²) in [5, 5.41) is 11.0. The highest BCUT2D eigenvalue weighted by Gasteiger charge is 2.12. The average molecular weight is 321 g/mol. The molecule has 0 aliphatic heterocycles. The minimum atomic E-state index is -0.583. The van der Waals surface area contributed by atoms with Gasteiger partial charge in [-0.15, -0.1) is 5.10 Å². The number of esters is 1. The van der Waals surface area contributed by atoms with Gasteiger partial charge in [0.25, 0.3) is 5.56 Å². The van der Waals surface area contributed by atoms with Gasteiger partial charge < -0.3 is 9.72 Å². The van der Waals surface area contributed by atoms with E-state index in [1.54, 1.807) is 6.07 Å². The van der Waals surface area contributed by atoms with Crippen molar-refractivity contribution in [2.24, 2.45) is 0 Å². The third-order valence-corrected chi connectivity index (χ3v) is 3.60. The largest absolute Gasteiger partial charge is 0.457 e. The van der Waals surface area contributed by atoms with Gasteiger partial charge in [-0.05, 0) is 23.6 Å². The zero-order valence-electron chi connectivity index (χ0n) is 12.3. The van der Waals surface area contributed by atoms with Crippen molar-refractivity contribution in [1.82, 2.24) is 25.4 Å². The maximum Gasteiger partial charge on any atom is 0.340 e. The van der Waals surface area contributed by atoms with E-state index in [4.69, 9.17) is 4.74 Å². The van der Waals surface area contributed by atoms with E-state index < -0.39 is 5.97 Å². The highest BCUT2D eigenvalue weighted by Crippen LogP contribution is 2.12. The Kier molecular flexibility index (Phi) is 3.27. The van der Waals surface area contributed by atoms with Crippen molar-refractivity contribution in [3.8, 4) is 0 Å². The Labute approximate surface area is 134 Å². The predicted octanol–water partition coefficient (Wildman–Crippen LogP) is 1.55. The molecule has 0 aliphatic rings. The first-order valence-electron chi connectivity index (χ1n) is 7.15. The zero-order valence-corrected chi connectivity index (χ0v) is 12.3.